The molecule has 0 aliphatic heterocycles. The highest BCUT2D eigenvalue weighted by Crippen LogP contribution is 2.35. The minimum Gasteiger partial charge on any atom is -0.356 e. The third-order valence-corrected chi connectivity index (χ3v) is 7.03. The molecule has 2 aliphatic rings. The number of benzene rings is 2. The van der Waals surface area contributed by atoms with Crippen LogP contribution in [0.1, 0.15) is 68.3 Å². The zero-order valence-corrected chi connectivity index (χ0v) is 18.3. The molecule has 2 aliphatic carbocycles. The van der Waals surface area contributed by atoms with Gasteiger partial charge in [0.1, 0.15) is 0 Å². The van der Waals surface area contributed by atoms with Gasteiger partial charge in [-0.3, -0.25) is 9.59 Å². The standard InChI is InChI=1S/C25H31NO2S/c1-16(2)29-22-9-8-19-13-21(25(28)18-6-7-18)14-20(23(19)15-22)10-11-26-24(27)12-17-4-3-5-17/h8-9,13-18H,3-7,10-12H2,1-2H3,(H,26,27). The highest BCUT2D eigenvalue weighted by atomic mass is 32.2. The van der Waals surface area contributed by atoms with Crippen molar-refractivity contribution in [3.05, 3.63) is 41.5 Å². The van der Waals surface area contributed by atoms with E-state index in [1.54, 1.807) is 0 Å². The Hall–Kier alpha value is -1.81. The second kappa shape index (κ2) is 8.91. The summed E-state index contributed by atoms with van der Waals surface area (Å²) in [4.78, 5) is 26.1. The SMILES string of the molecule is CC(C)Sc1ccc2cc(C(=O)C3CC3)cc(CCNC(=O)CC3CCC3)c2c1. The van der Waals surface area contributed by atoms with Gasteiger partial charge in [-0.1, -0.05) is 26.3 Å². The summed E-state index contributed by atoms with van der Waals surface area (Å²) in [6.45, 7) is 5.03. The molecule has 29 heavy (non-hydrogen) atoms. The van der Waals surface area contributed by atoms with Crippen molar-refractivity contribution >= 4 is 34.2 Å². The number of fused-ring (bicyclic) bond motifs is 1. The average molecular weight is 410 g/mol. The van der Waals surface area contributed by atoms with Gasteiger partial charge >= 0.3 is 0 Å². The molecule has 0 bridgehead atoms. The van der Waals surface area contributed by atoms with Crippen LogP contribution in [0.2, 0.25) is 0 Å². The van der Waals surface area contributed by atoms with Crippen LogP contribution in [0.4, 0.5) is 0 Å². The number of amides is 1. The van der Waals surface area contributed by atoms with E-state index < -0.39 is 0 Å². The maximum atomic E-state index is 12.7. The van der Waals surface area contributed by atoms with Gasteiger partial charge in [0.25, 0.3) is 0 Å². The molecule has 2 saturated carbocycles. The minimum absolute atomic E-state index is 0.167. The molecule has 4 rings (SSSR count). The summed E-state index contributed by atoms with van der Waals surface area (Å²) in [7, 11) is 0. The first kappa shape index (κ1) is 20.5. The predicted octanol–water partition coefficient (Wildman–Crippen LogP) is 5.78. The van der Waals surface area contributed by atoms with Gasteiger partial charge in [0, 0.05) is 34.6 Å². The summed E-state index contributed by atoms with van der Waals surface area (Å²) in [5.74, 6) is 1.26. The van der Waals surface area contributed by atoms with Gasteiger partial charge in [-0.05, 0) is 78.6 Å². The third-order valence-electron chi connectivity index (χ3n) is 6.03. The normalized spacial score (nSPS) is 16.8. The van der Waals surface area contributed by atoms with E-state index in [4.69, 9.17) is 0 Å². The van der Waals surface area contributed by atoms with E-state index in [2.05, 4.69) is 49.5 Å². The number of carbonyl (C=O) groups is 2. The summed E-state index contributed by atoms with van der Waals surface area (Å²) < 4.78 is 0. The first-order chi connectivity index (χ1) is 14.0. The van der Waals surface area contributed by atoms with Crippen molar-refractivity contribution in [3.8, 4) is 0 Å². The first-order valence-corrected chi connectivity index (χ1v) is 11.9. The fourth-order valence-corrected chi connectivity index (χ4v) is 4.93. The van der Waals surface area contributed by atoms with Crippen LogP contribution in [-0.4, -0.2) is 23.5 Å². The van der Waals surface area contributed by atoms with Crippen LogP contribution in [0.5, 0.6) is 0 Å². The minimum atomic E-state index is 0.167. The Morgan fingerprint density at radius 3 is 2.55 bits per heavy atom. The number of rotatable bonds is 9. The quantitative estimate of drug-likeness (QED) is 0.422. The number of carbonyl (C=O) groups excluding carboxylic acids is 2. The number of Topliss-reactive ketones (excluding diaryl/α,β-unsaturated/α-hetero) is 1. The number of thioether (sulfide) groups is 1. The van der Waals surface area contributed by atoms with Crippen LogP contribution in [0.25, 0.3) is 10.8 Å². The number of hydrogen-bond acceptors (Lipinski definition) is 3. The zero-order chi connectivity index (χ0) is 20.4. The van der Waals surface area contributed by atoms with Crippen molar-refractivity contribution in [3.63, 3.8) is 0 Å². The van der Waals surface area contributed by atoms with Gasteiger partial charge in [0.05, 0.1) is 0 Å². The van der Waals surface area contributed by atoms with Crippen LogP contribution in [0.15, 0.2) is 35.2 Å². The molecular weight excluding hydrogens is 378 g/mol. The molecule has 2 fully saturated rings. The first-order valence-electron chi connectivity index (χ1n) is 11.0. The molecule has 0 saturated heterocycles. The van der Waals surface area contributed by atoms with Crippen LogP contribution in [-0.2, 0) is 11.2 Å². The lowest BCUT2D eigenvalue weighted by molar-refractivity contribution is -0.122. The van der Waals surface area contributed by atoms with Crippen LogP contribution < -0.4 is 5.32 Å². The highest BCUT2D eigenvalue weighted by Gasteiger charge is 2.30. The Morgan fingerprint density at radius 1 is 1.10 bits per heavy atom. The number of hydrogen-bond donors (Lipinski definition) is 1. The Labute approximate surface area is 178 Å². The van der Waals surface area contributed by atoms with Crippen molar-refractivity contribution in [2.75, 3.05) is 6.54 Å². The Kier molecular flexibility index (Phi) is 6.29. The molecule has 0 unspecified atom stereocenters. The zero-order valence-electron chi connectivity index (χ0n) is 17.5. The van der Waals surface area contributed by atoms with Crippen molar-refractivity contribution in [2.45, 2.75) is 68.9 Å². The topological polar surface area (TPSA) is 46.2 Å². The van der Waals surface area contributed by atoms with Crippen LogP contribution >= 0.6 is 11.8 Å². The Morgan fingerprint density at radius 2 is 1.90 bits per heavy atom. The van der Waals surface area contributed by atoms with E-state index in [0.717, 1.165) is 30.2 Å². The van der Waals surface area contributed by atoms with Crippen LogP contribution in [0, 0.1) is 11.8 Å². The molecule has 1 amide bonds. The summed E-state index contributed by atoms with van der Waals surface area (Å²) >= 11 is 1.86. The Balaban J connectivity index is 1.53. The lowest BCUT2D eigenvalue weighted by Crippen LogP contribution is -2.29. The number of ketones is 1. The van der Waals surface area contributed by atoms with Gasteiger partial charge in [0.2, 0.25) is 5.91 Å². The molecule has 2 aromatic rings. The molecule has 0 atom stereocenters. The van der Waals surface area contributed by atoms with Crippen molar-refractivity contribution < 1.29 is 9.59 Å². The van der Waals surface area contributed by atoms with Gasteiger partial charge in [-0.25, -0.2) is 0 Å². The van der Waals surface area contributed by atoms with E-state index >= 15 is 0 Å². The van der Waals surface area contributed by atoms with E-state index in [0.29, 0.717) is 24.1 Å². The molecule has 3 nitrogen and oxygen atoms in total. The molecule has 0 spiro atoms. The van der Waals surface area contributed by atoms with Crippen molar-refractivity contribution in [2.24, 2.45) is 11.8 Å². The monoisotopic (exact) mass is 409 g/mol. The summed E-state index contributed by atoms with van der Waals surface area (Å²) in [5.41, 5.74) is 2.00. The molecule has 0 heterocycles. The van der Waals surface area contributed by atoms with E-state index in [1.165, 1.54) is 35.1 Å². The summed E-state index contributed by atoms with van der Waals surface area (Å²) in [5, 5.41) is 5.95. The lowest BCUT2D eigenvalue weighted by Gasteiger charge is -2.24. The molecule has 1 N–H and O–H groups in total. The smallest absolute Gasteiger partial charge is 0.220 e. The van der Waals surface area contributed by atoms with Crippen LogP contribution in [0.3, 0.4) is 0 Å². The third kappa shape index (κ3) is 5.22. The van der Waals surface area contributed by atoms with E-state index in [1.807, 2.05) is 11.8 Å². The Bertz CT molecular complexity index is 912. The molecule has 4 heteroatoms. The largest absolute Gasteiger partial charge is 0.356 e. The maximum Gasteiger partial charge on any atom is 0.220 e. The molecular formula is C25H31NO2S. The van der Waals surface area contributed by atoms with Crippen molar-refractivity contribution in [1.82, 2.24) is 5.32 Å². The van der Waals surface area contributed by atoms with Crippen molar-refractivity contribution in [1.29, 1.82) is 0 Å². The van der Waals surface area contributed by atoms with Gasteiger partial charge in [0.15, 0.2) is 5.78 Å². The predicted molar refractivity (Wildman–Crippen MR) is 121 cm³/mol. The summed E-state index contributed by atoms with van der Waals surface area (Å²) in [6, 6.07) is 10.7. The molecule has 0 aromatic heterocycles. The van der Waals surface area contributed by atoms with Gasteiger partial charge < -0.3 is 5.32 Å². The highest BCUT2D eigenvalue weighted by molar-refractivity contribution is 7.99. The van der Waals surface area contributed by atoms with Gasteiger partial charge in [-0.2, -0.15) is 0 Å². The maximum absolute atomic E-state index is 12.7. The van der Waals surface area contributed by atoms with E-state index in [-0.39, 0.29) is 17.6 Å². The average Bonchev–Trinajstić information content (AvgIpc) is 3.49. The lowest BCUT2D eigenvalue weighted by atomic mass is 9.83. The fourth-order valence-electron chi connectivity index (χ4n) is 4.06. The second-order valence-corrected chi connectivity index (χ2v) is 10.6. The summed E-state index contributed by atoms with van der Waals surface area (Å²) in [6.07, 6.45) is 7.12. The molecule has 0 radical (unpaired) electrons. The molecule has 2 aromatic carbocycles. The number of nitrogens with one attached hydrogen (secondary N) is 1. The fraction of sp³-hybridized carbons (Fsp3) is 0.520. The second-order valence-electron chi connectivity index (χ2n) is 8.92. The van der Waals surface area contributed by atoms with E-state index in [9.17, 15) is 9.59 Å². The molecule has 154 valence electrons. The van der Waals surface area contributed by atoms with Gasteiger partial charge in [-0.15, -0.1) is 11.8 Å².